The Balaban J connectivity index is 2.44. The SMILES string of the molecule is CCCCn1c(CC(N)=S)nc2ccccc21. The Kier molecular flexibility index (Phi) is 3.74. The van der Waals surface area contributed by atoms with Crippen LogP contribution in [0.15, 0.2) is 24.3 Å². The second-order valence-electron chi connectivity index (χ2n) is 4.17. The molecule has 0 radical (unpaired) electrons. The van der Waals surface area contributed by atoms with Crippen LogP contribution in [0.3, 0.4) is 0 Å². The first kappa shape index (κ1) is 12.0. The number of unbranched alkanes of at least 4 members (excludes halogenated alkanes) is 1. The third-order valence-electron chi connectivity index (χ3n) is 2.80. The maximum absolute atomic E-state index is 5.62. The summed E-state index contributed by atoms with van der Waals surface area (Å²) in [4.78, 5) is 5.10. The van der Waals surface area contributed by atoms with E-state index in [0.717, 1.165) is 24.3 Å². The molecule has 0 unspecified atom stereocenters. The minimum Gasteiger partial charge on any atom is -0.393 e. The van der Waals surface area contributed by atoms with Crippen molar-refractivity contribution in [2.24, 2.45) is 5.73 Å². The molecule has 0 aliphatic rings. The van der Waals surface area contributed by atoms with Gasteiger partial charge in [0.25, 0.3) is 0 Å². The summed E-state index contributed by atoms with van der Waals surface area (Å²) in [5.41, 5.74) is 7.82. The van der Waals surface area contributed by atoms with Gasteiger partial charge in [-0.05, 0) is 18.6 Å². The highest BCUT2D eigenvalue weighted by atomic mass is 32.1. The van der Waals surface area contributed by atoms with Crippen molar-refractivity contribution in [3.63, 3.8) is 0 Å². The fraction of sp³-hybridized carbons (Fsp3) is 0.385. The Hall–Kier alpha value is -1.42. The molecule has 1 heterocycles. The number of thiocarbonyl (C=S) groups is 1. The van der Waals surface area contributed by atoms with Gasteiger partial charge in [0, 0.05) is 6.54 Å². The molecule has 0 bridgehead atoms. The van der Waals surface area contributed by atoms with Crippen LogP contribution in [0.5, 0.6) is 0 Å². The average molecular weight is 247 g/mol. The number of nitrogens with two attached hydrogens (primary N) is 1. The van der Waals surface area contributed by atoms with Crippen molar-refractivity contribution in [3.8, 4) is 0 Å². The Morgan fingerprint density at radius 1 is 1.41 bits per heavy atom. The second-order valence-corrected chi connectivity index (χ2v) is 4.69. The van der Waals surface area contributed by atoms with E-state index < -0.39 is 0 Å². The lowest BCUT2D eigenvalue weighted by Gasteiger charge is -2.07. The summed E-state index contributed by atoms with van der Waals surface area (Å²) in [6, 6.07) is 8.17. The van der Waals surface area contributed by atoms with Crippen molar-refractivity contribution >= 4 is 28.2 Å². The zero-order valence-electron chi connectivity index (χ0n) is 10.0. The molecule has 2 aromatic rings. The molecule has 17 heavy (non-hydrogen) atoms. The number of para-hydroxylation sites is 2. The summed E-state index contributed by atoms with van der Waals surface area (Å²) in [6.45, 7) is 3.17. The van der Waals surface area contributed by atoms with E-state index in [4.69, 9.17) is 18.0 Å². The first-order valence-electron chi connectivity index (χ1n) is 5.95. The molecule has 90 valence electrons. The molecule has 2 rings (SSSR count). The molecule has 4 heteroatoms. The summed E-state index contributed by atoms with van der Waals surface area (Å²) >= 11 is 4.98. The van der Waals surface area contributed by atoms with E-state index in [1.807, 2.05) is 18.2 Å². The Morgan fingerprint density at radius 3 is 2.88 bits per heavy atom. The van der Waals surface area contributed by atoms with Crippen LogP contribution >= 0.6 is 12.2 Å². The van der Waals surface area contributed by atoms with Gasteiger partial charge in [-0.15, -0.1) is 0 Å². The number of aryl methyl sites for hydroxylation is 1. The van der Waals surface area contributed by atoms with E-state index in [1.165, 1.54) is 11.9 Å². The molecule has 0 fully saturated rings. The molecular weight excluding hydrogens is 230 g/mol. The van der Waals surface area contributed by atoms with Gasteiger partial charge >= 0.3 is 0 Å². The monoisotopic (exact) mass is 247 g/mol. The summed E-state index contributed by atoms with van der Waals surface area (Å²) in [5, 5.41) is 0. The van der Waals surface area contributed by atoms with Crippen LogP contribution in [-0.4, -0.2) is 14.5 Å². The highest BCUT2D eigenvalue weighted by Gasteiger charge is 2.10. The molecule has 0 saturated carbocycles. The zero-order valence-corrected chi connectivity index (χ0v) is 10.8. The number of rotatable bonds is 5. The van der Waals surface area contributed by atoms with Gasteiger partial charge in [-0.2, -0.15) is 0 Å². The number of benzene rings is 1. The van der Waals surface area contributed by atoms with Crippen molar-refractivity contribution in [2.45, 2.75) is 32.7 Å². The van der Waals surface area contributed by atoms with Gasteiger partial charge in [-0.3, -0.25) is 0 Å². The number of hydrogen-bond acceptors (Lipinski definition) is 2. The molecule has 0 aliphatic heterocycles. The normalized spacial score (nSPS) is 10.9. The minimum absolute atomic E-state index is 0.498. The molecule has 1 aromatic heterocycles. The summed E-state index contributed by atoms with van der Waals surface area (Å²) in [5.74, 6) is 0.979. The van der Waals surface area contributed by atoms with Crippen LogP contribution in [0.25, 0.3) is 11.0 Å². The Morgan fingerprint density at radius 2 is 2.18 bits per heavy atom. The fourth-order valence-corrected chi connectivity index (χ4v) is 2.11. The van der Waals surface area contributed by atoms with E-state index in [0.29, 0.717) is 11.4 Å². The first-order chi connectivity index (χ1) is 8.22. The molecule has 0 aliphatic carbocycles. The maximum Gasteiger partial charge on any atom is 0.116 e. The molecule has 3 nitrogen and oxygen atoms in total. The van der Waals surface area contributed by atoms with Crippen molar-refractivity contribution in [3.05, 3.63) is 30.1 Å². The van der Waals surface area contributed by atoms with Gasteiger partial charge in [-0.25, -0.2) is 4.98 Å². The number of aromatic nitrogens is 2. The summed E-state index contributed by atoms with van der Waals surface area (Å²) in [6.07, 6.45) is 2.89. The smallest absolute Gasteiger partial charge is 0.116 e. The molecule has 0 atom stereocenters. The van der Waals surface area contributed by atoms with E-state index in [2.05, 4.69) is 22.5 Å². The van der Waals surface area contributed by atoms with Crippen molar-refractivity contribution in [2.75, 3.05) is 0 Å². The third-order valence-corrected chi connectivity index (χ3v) is 2.95. The fourth-order valence-electron chi connectivity index (χ4n) is 1.98. The third kappa shape index (κ3) is 2.64. The topological polar surface area (TPSA) is 43.8 Å². The molecule has 0 amide bonds. The van der Waals surface area contributed by atoms with E-state index in [9.17, 15) is 0 Å². The summed E-state index contributed by atoms with van der Waals surface area (Å²) < 4.78 is 2.23. The minimum atomic E-state index is 0.498. The number of nitrogens with zero attached hydrogens (tertiary/aromatic N) is 2. The predicted octanol–water partition coefficient (Wildman–Crippen LogP) is 2.67. The van der Waals surface area contributed by atoms with Crippen LogP contribution < -0.4 is 5.73 Å². The number of hydrogen-bond donors (Lipinski definition) is 1. The van der Waals surface area contributed by atoms with E-state index in [1.54, 1.807) is 0 Å². The van der Waals surface area contributed by atoms with Crippen LogP contribution in [0.4, 0.5) is 0 Å². The van der Waals surface area contributed by atoms with Crippen molar-refractivity contribution < 1.29 is 0 Å². The largest absolute Gasteiger partial charge is 0.393 e. The Labute approximate surface area is 107 Å². The number of fused-ring (bicyclic) bond motifs is 1. The molecule has 0 spiro atoms. The lowest BCUT2D eigenvalue weighted by atomic mass is 10.3. The van der Waals surface area contributed by atoms with E-state index >= 15 is 0 Å². The van der Waals surface area contributed by atoms with Crippen LogP contribution in [-0.2, 0) is 13.0 Å². The zero-order chi connectivity index (χ0) is 12.3. The van der Waals surface area contributed by atoms with Gasteiger partial charge < -0.3 is 10.3 Å². The van der Waals surface area contributed by atoms with Crippen LogP contribution in [0.1, 0.15) is 25.6 Å². The van der Waals surface area contributed by atoms with Crippen molar-refractivity contribution in [1.29, 1.82) is 0 Å². The van der Waals surface area contributed by atoms with Gasteiger partial charge in [0.15, 0.2) is 0 Å². The molecular formula is C13H17N3S. The molecule has 2 N–H and O–H groups in total. The molecule has 0 saturated heterocycles. The van der Waals surface area contributed by atoms with Gasteiger partial charge in [0.05, 0.1) is 22.4 Å². The highest BCUT2D eigenvalue weighted by molar-refractivity contribution is 7.80. The first-order valence-corrected chi connectivity index (χ1v) is 6.35. The highest BCUT2D eigenvalue weighted by Crippen LogP contribution is 2.17. The summed E-state index contributed by atoms with van der Waals surface area (Å²) in [7, 11) is 0. The van der Waals surface area contributed by atoms with Gasteiger partial charge in [-0.1, -0.05) is 37.7 Å². The standard InChI is InChI=1S/C13H17N3S/c1-2-3-8-16-11-7-5-4-6-10(11)15-13(16)9-12(14)17/h4-7H,2-3,8-9H2,1H3,(H2,14,17). The quantitative estimate of drug-likeness (QED) is 0.826. The predicted molar refractivity (Wildman–Crippen MR) is 75.1 cm³/mol. The lowest BCUT2D eigenvalue weighted by Crippen LogP contribution is -2.15. The van der Waals surface area contributed by atoms with Crippen LogP contribution in [0.2, 0.25) is 0 Å². The van der Waals surface area contributed by atoms with Gasteiger partial charge in [0.2, 0.25) is 0 Å². The lowest BCUT2D eigenvalue weighted by molar-refractivity contribution is 0.626. The average Bonchev–Trinajstić information content (AvgIpc) is 2.63. The number of imidazole rings is 1. The van der Waals surface area contributed by atoms with Crippen molar-refractivity contribution in [1.82, 2.24) is 9.55 Å². The molecule has 1 aromatic carbocycles. The second kappa shape index (κ2) is 5.27. The maximum atomic E-state index is 5.62. The van der Waals surface area contributed by atoms with Gasteiger partial charge in [0.1, 0.15) is 5.82 Å². The van der Waals surface area contributed by atoms with E-state index in [-0.39, 0.29) is 0 Å². The van der Waals surface area contributed by atoms with Crippen LogP contribution in [0, 0.1) is 0 Å². The Bertz CT molecular complexity index is 530.